The highest BCUT2D eigenvalue weighted by Crippen LogP contribution is 2.31. The summed E-state index contributed by atoms with van der Waals surface area (Å²) in [5.74, 6) is 0.736. The first kappa shape index (κ1) is 18.4. The Morgan fingerprint density at radius 2 is 2.16 bits per heavy atom. The first-order chi connectivity index (χ1) is 12.2. The molecule has 0 aromatic rings. The molecular weight excluding hydrogens is 322 g/mol. The first-order valence-electron chi connectivity index (χ1n) is 9.27. The van der Waals surface area contributed by atoms with Crippen molar-refractivity contribution < 1.29 is 14.3 Å². The summed E-state index contributed by atoms with van der Waals surface area (Å²) in [6.45, 7) is 2.12. The average molecular weight is 351 g/mol. The number of amides is 1. The van der Waals surface area contributed by atoms with Crippen molar-refractivity contribution in [2.45, 2.75) is 56.4 Å². The molecule has 3 N–H and O–H groups in total. The fraction of sp³-hybridized carbons (Fsp3) is 0.882. The topological polar surface area (TPSA) is 98.7 Å². The highest BCUT2D eigenvalue weighted by molar-refractivity contribution is 5.82. The highest BCUT2D eigenvalue weighted by Gasteiger charge is 2.38. The molecule has 0 radical (unpaired) electrons. The third-order valence-electron chi connectivity index (χ3n) is 5.71. The van der Waals surface area contributed by atoms with Gasteiger partial charge in [0.05, 0.1) is 25.4 Å². The average Bonchev–Trinajstić information content (AvgIpc) is 3.16. The molecule has 2 aliphatic heterocycles. The van der Waals surface area contributed by atoms with E-state index in [2.05, 4.69) is 16.2 Å². The van der Waals surface area contributed by atoms with Crippen LogP contribution in [-0.2, 0) is 14.3 Å². The number of ether oxygens (including phenoxy) is 2. The number of carbonyl (C=O) groups excluding carboxylic acids is 1. The Bertz CT molecular complexity index is 489. The van der Waals surface area contributed by atoms with Crippen LogP contribution in [0.2, 0.25) is 0 Å². The second kappa shape index (κ2) is 8.81. The Morgan fingerprint density at radius 1 is 1.36 bits per heavy atom. The molecule has 0 spiro atoms. The molecule has 2 heterocycles. The van der Waals surface area contributed by atoms with Gasteiger partial charge in [-0.05, 0) is 38.0 Å². The van der Waals surface area contributed by atoms with Crippen molar-refractivity contribution in [3.05, 3.63) is 0 Å². The van der Waals surface area contributed by atoms with Gasteiger partial charge in [0.15, 0.2) is 6.19 Å². The van der Waals surface area contributed by atoms with E-state index in [4.69, 9.17) is 14.7 Å². The summed E-state index contributed by atoms with van der Waals surface area (Å²) in [6, 6.07) is 0.177. The standard InChI is InChI=1S/C17H29N5O3/c1-24-13-4-2-12(3-5-13)15-8-16(21-20-15)17(23)22-6-7-25-14(10-22)9-19-11-18/h12-16,19-21H,2-10H2,1H3/t12?,13?,14-,15?,16?/m0/s1. The number of carbonyl (C=O) groups is 1. The van der Waals surface area contributed by atoms with Gasteiger partial charge in [0.1, 0.15) is 6.04 Å². The van der Waals surface area contributed by atoms with Gasteiger partial charge in [-0.3, -0.25) is 10.2 Å². The van der Waals surface area contributed by atoms with E-state index in [1.165, 1.54) is 0 Å². The van der Waals surface area contributed by atoms with Gasteiger partial charge >= 0.3 is 0 Å². The van der Waals surface area contributed by atoms with Crippen molar-refractivity contribution in [3.63, 3.8) is 0 Å². The van der Waals surface area contributed by atoms with Crippen LogP contribution in [-0.4, -0.2) is 68.4 Å². The molecule has 8 heteroatoms. The predicted molar refractivity (Wildman–Crippen MR) is 91.2 cm³/mol. The van der Waals surface area contributed by atoms with Gasteiger partial charge in [0.2, 0.25) is 5.91 Å². The largest absolute Gasteiger partial charge is 0.381 e. The molecular formula is C17H29N5O3. The Kier molecular flexibility index (Phi) is 6.48. The van der Waals surface area contributed by atoms with E-state index in [1.54, 1.807) is 7.11 Å². The van der Waals surface area contributed by atoms with Crippen LogP contribution >= 0.6 is 0 Å². The van der Waals surface area contributed by atoms with Crippen LogP contribution in [0.4, 0.5) is 0 Å². The van der Waals surface area contributed by atoms with Gasteiger partial charge in [-0.15, -0.1) is 0 Å². The van der Waals surface area contributed by atoms with E-state index in [0.717, 1.165) is 32.1 Å². The van der Waals surface area contributed by atoms with Crippen LogP contribution in [0.25, 0.3) is 0 Å². The molecule has 8 nitrogen and oxygen atoms in total. The lowest BCUT2D eigenvalue weighted by atomic mass is 9.81. The number of rotatable bonds is 5. The molecule has 140 valence electrons. The minimum absolute atomic E-state index is 0.119. The van der Waals surface area contributed by atoms with Crippen LogP contribution in [0.3, 0.4) is 0 Å². The van der Waals surface area contributed by atoms with E-state index in [1.807, 2.05) is 11.1 Å². The van der Waals surface area contributed by atoms with Gasteiger partial charge < -0.3 is 19.7 Å². The van der Waals surface area contributed by atoms with Crippen LogP contribution in [0.5, 0.6) is 0 Å². The number of nitrogens with zero attached hydrogens (tertiary/aromatic N) is 2. The Labute approximate surface area is 149 Å². The van der Waals surface area contributed by atoms with E-state index in [0.29, 0.717) is 44.3 Å². The molecule has 0 aromatic heterocycles. The van der Waals surface area contributed by atoms with Crippen molar-refractivity contribution in [1.29, 1.82) is 5.26 Å². The minimum Gasteiger partial charge on any atom is -0.381 e. The van der Waals surface area contributed by atoms with Crippen molar-refractivity contribution in [2.75, 3.05) is 33.4 Å². The summed E-state index contributed by atoms with van der Waals surface area (Å²) in [5, 5.41) is 11.2. The summed E-state index contributed by atoms with van der Waals surface area (Å²) in [6.07, 6.45) is 7.53. The lowest BCUT2D eigenvalue weighted by molar-refractivity contribution is -0.140. The maximum Gasteiger partial charge on any atom is 0.241 e. The number of nitriles is 1. The monoisotopic (exact) mass is 351 g/mol. The molecule has 25 heavy (non-hydrogen) atoms. The predicted octanol–water partition coefficient (Wildman–Crippen LogP) is -0.275. The lowest BCUT2D eigenvalue weighted by Gasteiger charge is -2.34. The van der Waals surface area contributed by atoms with Gasteiger partial charge in [-0.25, -0.2) is 5.43 Å². The fourth-order valence-corrected chi connectivity index (χ4v) is 4.20. The molecule has 3 aliphatic rings. The highest BCUT2D eigenvalue weighted by atomic mass is 16.5. The van der Waals surface area contributed by atoms with Gasteiger partial charge in [0, 0.05) is 26.2 Å². The van der Waals surface area contributed by atoms with Crippen molar-refractivity contribution >= 4 is 5.91 Å². The van der Waals surface area contributed by atoms with Crippen LogP contribution in [0.1, 0.15) is 32.1 Å². The van der Waals surface area contributed by atoms with Gasteiger partial charge in [-0.1, -0.05) is 0 Å². The summed E-state index contributed by atoms with van der Waals surface area (Å²) < 4.78 is 11.0. The summed E-state index contributed by atoms with van der Waals surface area (Å²) in [7, 11) is 1.79. The summed E-state index contributed by atoms with van der Waals surface area (Å²) in [4.78, 5) is 14.7. The molecule has 0 bridgehead atoms. The minimum atomic E-state index is -0.173. The molecule has 1 amide bonds. The van der Waals surface area contributed by atoms with Crippen molar-refractivity contribution in [3.8, 4) is 6.19 Å². The molecule has 2 saturated heterocycles. The van der Waals surface area contributed by atoms with Crippen molar-refractivity contribution in [1.82, 2.24) is 21.1 Å². The zero-order chi connectivity index (χ0) is 17.6. The number of hydrogen-bond donors (Lipinski definition) is 3. The number of nitrogens with one attached hydrogen (secondary N) is 3. The summed E-state index contributed by atoms with van der Waals surface area (Å²) in [5.41, 5.74) is 6.55. The van der Waals surface area contributed by atoms with E-state index in [9.17, 15) is 4.79 Å². The second-order valence-corrected chi connectivity index (χ2v) is 7.23. The summed E-state index contributed by atoms with van der Waals surface area (Å²) >= 11 is 0. The fourth-order valence-electron chi connectivity index (χ4n) is 4.20. The number of methoxy groups -OCH3 is 1. The van der Waals surface area contributed by atoms with Crippen LogP contribution < -0.4 is 16.2 Å². The molecule has 0 aromatic carbocycles. The SMILES string of the molecule is COC1CCC(C2CC(C(=O)N3CCO[C@@H](CNC#N)C3)NN2)CC1. The zero-order valence-electron chi connectivity index (χ0n) is 14.9. The third kappa shape index (κ3) is 4.61. The van der Waals surface area contributed by atoms with E-state index in [-0.39, 0.29) is 18.1 Å². The molecule has 3 atom stereocenters. The van der Waals surface area contributed by atoms with E-state index < -0.39 is 0 Å². The second-order valence-electron chi connectivity index (χ2n) is 7.23. The molecule has 3 fully saturated rings. The number of hydrogen-bond acceptors (Lipinski definition) is 7. The smallest absolute Gasteiger partial charge is 0.241 e. The maximum absolute atomic E-state index is 12.8. The first-order valence-corrected chi connectivity index (χ1v) is 9.27. The maximum atomic E-state index is 12.8. The lowest BCUT2D eigenvalue weighted by Crippen LogP contribution is -2.53. The van der Waals surface area contributed by atoms with Crippen LogP contribution in [0.15, 0.2) is 0 Å². The molecule has 1 aliphatic carbocycles. The molecule has 2 unspecified atom stereocenters. The quantitative estimate of drug-likeness (QED) is 0.463. The Balaban J connectivity index is 1.46. The molecule has 3 rings (SSSR count). The van der Waals surface area contributed by atoms with E-state index >= 15 is 0 Å². The molecule has 1 saturated carbocycles. The zero-order valence-corrected chi connectivity index (χ0v) is 14.9. The normalized spacial score (nSPS) is 36.0. The van der Waals surface area contributed by atoms with Crippen molar-refractivity contribution in [2.24, 2.45) is 5.92 Å². The van der Waals surface area contributed by atoms with Gasteiger partial charge in [0.25, 0.3) is 0 Å². The van der Waals surface area contributed by atoms with Crippen LogP contribution in [0, 0.1) is 17.4 Å². The Morgan fingerprint density at radius 3 is 2.88 bits per heavy atom. The van der Waals surface area contributed by atoms with Gasteiger partial charge in [-0.2, -0.15) is 5.26 Å². The third-order valence-corrected chi connectivity index (χ3v) is 5.71. The Hall–Kier alpha value is -1.40. The number of hydrazine groups is 1. The number of morpholine rings is 1.